The smallest absolute Gasteiger partial charge is 0.332 e. The zero-order valence-corrected chi connectivity index (χ0v) is 11.8. The Morgan fingerprint density at radius 2 is 2.10 bits per heavy atom. The van der Waals surface area contributed by atoms with E-state index in [9.17, 15) is 9.59 Å². The summed E-state index contributed by atoms with van der Waals surface area (Å²) in [5.74, 6) is -1.22. The summed E-state index contributed by atoms with van der Waals surface area (Å²) in [6.45, 7) is 0.414. The van der Waals surface area contributed by atoms with E-state index in [4.69, 9.17) is 21.4 Å². The van der Waals surface area contributed by atoms with Crippen LogP contribution in [0.5, 0.6) is 0 Å². The molecule has 108 valence electrons. The van der Waals surface area contributed by atoms with Gasteiger partial charge in [-0.2, -0.15) is 0 Å². The van der Waals surface area contributed by atoms with Gasteiger partial charge < -0.3 is 14.7 Å². The van der Waals surface area contributed by atoms with Crippen molar-refractivity contribution in [3.8, 4) is 0 Å². The number of carbonyl (C=O) groups excluding carboxylic acids is 1. The number of hydrogen-bond acceptors (Lipinski definition) is 3. The number of ether oxygens (including phenoxy) is 1. The predicted octanol–water partition coefficient (Wildman–Crippen LogP) is 1.93. The number of carboxylic acids is 1. The van der Waals surface area contributed by atoms with E-state index < -0.39 is 18.2 Å². The summed E-state index contributed by atoms with van der Waals surface area (Å²) in [6, 6.07) is 7.26. The van der Waals surface area contributed by atoms with Crippen molar-refractivity contribution in [2.45, 2.75) is 31.6 Å². The van der Waals surface area contributed by atoms with Gasteiger partial charge >= 0.3 is 5.97 Å². The first-order valence-electron chi connectivity index (χ1n) is 6.35. The molecule has 1 aromatic carbocycles. The Bertz CT molecular complexity index is 520. The number of likely N-dealkylation sites (N-methyl/N-ethyl adjacent to an activating group) is 1. The third-order valence-corrected chi connectivity index (χ3v) is 3.49. The number of carboxylic acid groups (broad SMARTS) is 1. The summed E-state index contributed by atoms with van der Waals surface area (Å²) >= 11 is 5.90. The molecule has 1 N–H and O–H groups in total. The Morgan fingerprint density at radius 3 is 2.70 bits per heavy atom. The lowest BCUT2D eigenvalue weighted by molar-refractivity contribution is -0.154. The molecule has 1 aliphatic rings. The van der Waals surface area contributed by atoms with Gasteiger partial charge in [-0.1, -0.05) is 23.7 Å². The summed E-state index contributed by atoms with van der Waals surface area (Å²) in [6.07, 6.45) is -0.726. The molecule has 5 nitrogen and oxygen atoms in total. The number of rotatable bonds is 4. The van der Waals surface area contributed by atoms with Crippen LogP contribution >= 0.6 is 11.6 Å². The Balaban J connectivity index is 1.94. The van der Waals surface area contributed by atoms with Gasteiger partial charge in [-0.3, -0.25) is 4.79 Å². The zero-order valence-electron chi connectivity index (χ0n) is 11.1. The molecule has 0 aromatic heterocycles. The van der Waals surface area contributed by atoms with E-state index in [1.54, 1.807) is 19.2 Å². The summed E-state index contributed by atoms with van der Waals surface area (Å²) in [7, 11) is 1.67. The van der Waals surface area contributed by atoms with Crippen LogP contribution in [0.15, 0.2) is 24.3 Å². The molecule has 20 heavy (non-hydrogen) atoms. The highest BCUT2D eigenvalue weighted by Gasteiger charge is 2.35. The first-order chi connectivity index (χ1) is 9.47. The summed E-state index contributed by atoms with van der Waals surface area (Å²) in [4.78, 5) is 24.5. The minimum atomic E-state index is -1.02. The van der Waals surface area contributed by atoms with E-state index in [0.717, 1.165) is 5.56 Å². The molecule has 2 rings (SSSR count). The van der Waals surface area contributed by atoms with E-state index in [-0.39, 0.29) is 5.91 Å². The van der Waals surface area contributed by atoms with Gasteiger partial charge in [0.05, 0.1) is 0 Å². The molecule has 1 aliphatic heterocycles. The van der Waals surface area contributed by atoms with Crippen molar-refractivity contribution in [1.82, 2.24) is 4.90 Å². The topological polar surface area (TPSA) is 66.8 Å². The molecular weight excluding hydrogens is 282 g/mol. The Hall–Kier alpha value is -1.59. The van der Waals surface area contributed by atoms with Gasteiger partial charge in [-0.25, -0.2) is 4.79 Å². The molecule has 1 amide bonds. The Labute approximate surface area is 122 Å². The fourth-order valence-electron chi connectivity index (χ4n) is 2.23. The standard InChI is InChI=1S/C14H16ClNO4/c1-16(8-9-3-2-4-10(15)7-9)13(17)11-5-6-12(20-11)14(18)19/h2-4,7,11-12H,5-6,8H2,1H3,(H,18,19)/t11-,12+/m0/s1. The number of benzene rings is 1. The minimum absolute atomic E-state index is 0.200. The maximum atomic E-state index is 12.2. The maximum absolute atomic E-state index is 12.2. The van der Waals surface area contributed by atoms with Crippen LogP contribution in [-0.2, 0) is 20.9 Å². The molecule has 1 heterocycles. The largest absolute Gasteiger partial charge is 0.479 e. The van der Waals surface area contributed by atoms with Gasteiger partial charge in [-0.05, 0) is 30.5 Å². The van der Waals surface area contributed by atoms with Crippen molar-refractivity contribution in [2.75, 3.05) is 7.05 Å². The van der Waals surface area contributed by atoms with Crippen LogP contribution in [0.1, 0.15) is 18.4 Å². The second kappa shape index (κ2) is 6.24. The highest BCUT2D eigenvalue weighted by molar-refractivity contribution is 6.30. The number of nitrogens with zero attached hydrogens (tertiary/aromatic N) is 1. The summed E-state index contributed by atoms with van der Waals surface area (Å²) in [5.41, 5.74) is 0.918. The average Bonchev–Trinajstić information content (AvgIpc) is 2.87. The van der Waals surface area contributed by atoms with Crippen molar-refractivity contribution in [2.24, 2.45) is 0 Å². The number of hydrogen-bond donors (Lipinski definition) is 1. The normalized spacial score (nSPS) is 21.7. The third kappa shape index (κ3) is 3.49. The molecule has 0 aliphatic carbocycles. The van der Waals surface area contributed by atoms with Crippen molar-refractivity contribution in [3.63, 3.8) is 0 Å². The molecule has 0 radical (unpaired) electrons. The molecule has 0 spiro atoms. The Kier molecular flexibility index (Phi) is 4.62. The van der Waals surface area contributed by atoms with E-state index in [1.807, 2.05) is 12.1 Å². The average molecular weight is 298 g/mol. The highest BCUT2D eigenvalue weighted by Crippen LogP contribution is 2.22. The van der Waals surface area contributed by atoms with Crippen LogP contribution in [0.25, 0.3) is 0 Å². The van der Waals surface area contributed by atoms with Gasteiger partial charge in [0, 0.05) is 18.6 Å². The van der Waals surface area contributed by atoms with Crippen molar-refractivity contribution < 1.29 is 19.4 Å². The monoisotopic (exact) mass is 297 g/mol. The molecular formula is C14H16ClNO4. The lowest BCUT2D eigenvalue weighted by atomic mass is 10.1. The SMILES string of the molecule is CN(Cc1cccc(Cl)c1)C(=O)[C@@H]1CC[C@H](C(=O)O)O1. The van der Waals surface area contributed by atoms with E-state index in [2.05, 4.69) is 0 Å². The van der Waals surface area contributed by atoms with Crippen molar-refractivity contribution in [3.05, 3.63) is 34.9 Å². The number of amides is 1. The molecule has 0 bridgehead atoms. The zero-order chi connectivity index (χ0) is 14.7. The molecule has 1 saturated heterocycles. The van der Waals surface area contributed by atoms with E-state index in [1.165, 1.54) is 4.90 Å². The first kappa shape index (κ1) is 14.8. The number of carbonyl (C=O) groups is 2. The second-order valence-electron chi connectivity index (χ2n) is 4.85. The lowest BCUT2D eigenvalue weighted by Crippen LogP contribution is -2.36. The van der Waals surface area contributed by atoms with Gasteiger partial charge in [-0.15, -0.1) is 0 Å². The number of halogens is 1. The predicted molar refractivity (Wildman–Crippen MR) is 73.5 cm³/mol. The summed E-state index contributed by atoms with van der Waals surface area (Å²) in [5, 5.41) is 9.47. The fourth-order valence-corrected chi connectivity index (χ4v) is 2.45. The Morgan fingerprint density at radius 1 is 1.40 bits per heavy atom. The van der Waals surface area contributed by atoms with E-state index >= 15 is 0 Å². The molecule has 0 unspecified atom stereocenters. The van der Waals surface area contributed by atoms with Crippen molar-refractivity contribution in [1.29, 1.82) is 0 Å². The van der Waals surface area contributed by atoms with Crippen LogP contribution in [-0.4, -0.2) is 41.1 Å². The van der Waals surface area contributed by atoms with Crippen LogP contribution in [0, 0.1) is 0 Å². The van der Waals surface area contributed by atoms with Gasteiger partial charge in [0.2, 0.25) is 0 Å². The molecule has 2 atom stereocenters. The van der Waals surface area contributed by atoms with E-state index in [0.29, 0.717) is 24.4 Å². The molecule has 6 heteroatoms. The van der Waals surface area contributed by atoms with Crippen LogP contribution in [0.4, 0.5) is 0 Å². The lowest BCUT2D eigenvalue weighted by Gasteiger charge is -2.21. The molecule has 0 saturated carbocycles. The number of aliphatic carboxylic acids is 1. The van der Waals surface area contributed by atoms with Crippen LogP contribution in [0.2, 0.25) is 5.02 Å². The highest BCUT2D eigenvalue weighted by atomic mass is 35.5. The van der Waals surface area contributed by atoms with Gasteiger partial charge in [0.25, 0.3) is 5.91 Å². The maximum Gasteiger partial charge on any atom is 0.332 e. The van der Waals surface area contributed by atoms with Crippen LogP contribution < -0.4 is 0 Å². The van der Waals surface area contributed by atoms with Crippen molar-refractivity contribution >= 4 is 23.5 Å². The van der Waals surface area contributed by atoms with Crippen LogP contribution in [0.3, 0.4) is 0 Å². The second-order valence-corrected chi connectivity index (χ2v) is 5.29. The van der Waals surface area contributed by atoms with Gasteiger partial charge in [0.15, 0.2) is 6.10 Å². The third-order valence-electron chi connectivity index (χ3n) is 3.26. The molecule has 1 fully saturated rings. The van der Waals surface area contributed by atoms with Gasteiger partial charge in [0.1, 0.15) is 6.10 Å². The quantitative estimate of drug-likeness (QED) is 0.922. The first-order valence-corrected chi connectivity index (χ1v) is 6.73. The molecule has 1 aromatic rings. The summed E-state index contributed by atoms with van der Waals surface area (Å²) < 4.78 is 5.25. The minimum Gasteiger partial charge on any atom is -0.479 e. The fraction of sp³-hybridized carbons (Fsp3) is 0.429.